The van der Waals surface area contributed by atoms with E-state index in [2.05, 4.69) is 15.3 Å². The number of nitrogens with zero attached hydrogens (tertiary/aromatic N) is 5. The van der Waals surface area contributed by atoms with Crippen molar-refractivity contribution in [3.63, 3.8) is 0 Å². The highest BCUT2D eigenvalue weighted by Crippen LogP contribution is 2.33. The van der Waals surface area contributed by atoms with E-state index >= 15 is 0 Å². The van der Waals surface area contributed by atoms with Gasteiger partial charge in [0.15, 0.2) is 0 Å². The van der Waals surface area contributed by atoms with E-state index in [0.717, 1.165) is 6.20 Å². The molecule has 2 rings (SSSR count). The zero-order valence-corrected chi connectivity index (χ0v) is 12.5. The first-order valence-corrected chi connectivity index (χ1v) is 6.51. The van der Waals surface area contributed by atoms with E-state index in [9.17, 15) is 14.9 Å². The lowest BCUT2D eigenvalue weighted by Crippen LogP contribution is -2.62. The fourth-order valence-electron chi connectivity index (χ4n) is 2.40. The van der Waals surface area contributed by atoms with Crippen molar-refractivity contribution < 1.29 is 9.72 Å². The molecule has 21 heavy (non-hydrogen) atoms. The molecule has 0 atom stereocenters. The van der Waals surface area contributed by atoms with Gasteiger partial charge < -0.3 is 15.1 Å². The maximum atomic E-state index is 12.3. The summed E-state index contributed by atoms with van der Waals surface area (Å²) in [6.45, 7) is 4.42. The van der Waals surface area contributed by atoms with Crippen molar-refractivity contribution in [2.45, 2.75) is 19.4 Å². The summed E-state index contributed by atoms with van der Waals surface area (Å²) in [6, 6.07) is 0. The molecule has 9 nitrogen and oxygen atoms in total. The Bertz CT molecular complexity index is 588. The third-order valence-electron chi connectivity index (χ3n) is 3.63. The molecule has 1 aliphatic rings. The molecule has 1 fully saturated rings. The molecule has 1 amide bonds. The summed E-state index contributed by atoms with van der Waals surface area (Å²) >= 11 is 0. The fourth-order valence-corrected chi connectivity index (χ4v) is 2.40. The van der Waals surface area contributed by atoms with Crippen LogP contribution >= 0.6 is 0 Å². The van der Waals surface area contributed by atoms with E-state index in [1.165, 1.54) is 0 Å². The highest BCUT2D eigenvalue weighted by atomic mass is 16.6. The number of carbonyl (C=O) groups excluding carboxylic acids is 1. The van der Waals surface area contributed by atoms with Gasteiger partial charge in [-0.3, -0.25) is 14.9 Å². The molecule has 0 bridgehead atoms. The van der Waals surface area contributed by atoms with Crippen LogP contribution in [0.15, 0.2) is 6.20 Å². The molecule has 2 heterocycles. The summed E-state index contributed by atoms with van der Waals surface area (Å²) < 4.78 is 0. The van der Waals surface area contributed by atoms with Gasteiger partial charge in [0, 0.05) is 27.2 Å². The Morgan fingerprint density at radius 3 is 2.67 bits per heavy atom. The van der Waals surface area contributed by atoms with Crippen LogP contribution in [0.3, 0.4) is 0 Å². The Morgan fingerprint density at radius 2 is 2.10 bits per heavy atom. The number of piperazine rings is 1. The number of nitrogens with one attached hydrogen (secondary N) is 1. The maximum Gasteiger partial charge on any atom is 0.329 e. The third kappa shape index (κ3) is 2.46. The molecule has 0 unspecified atom stereocenters. The van der Waals surface area contributed by atoms with Crippen molar-refractivity contribution in [3.8, 4) is 0 Å². The summed E-state index contributed by atoms with van der Waals surface area (Å²) in [6.07, 6.45) is 1.16. The average Bonchev–Trinajstić information content (AvgIpc) is 2.44. The predicted octanol–water partition coefficient (Wildman–Crippen LogP) is 0.483. The van der Waals surface area contributed by atoms with Crippen molar-refractivity contribution in [2.24, 2.45) is 0 Å². The molecular formula is C12H18N6O3. The maximum absolute atomic E-state index is 12.3. The van der Waals surface area contributed by atoms with Crippen LogP contribution in [0.2, 0.25) is 0 Å². The van der Waals surface area contributed by atoms with Gasteiger partial charge in [0.25, 0.3) is 0 Å². The van der Waals surface area contributed by atoms with Gasteiger partial charge in [0.2, 0.25) is 17.7 Å². The Hall–Kier alpha value is -2.45. The van der Waals surface area contributed by atoms with Crippen molar-refractivity contribution in [1.82, 2.24) is 14.9 Å². The van der Waals surface area contributed by atoms with E-state index in [-0.39, 0.29) is 23.4 Å². The Morgan fingerprint density at radius 1 is 1.43 bits per heavy atom. The third-order valence-corrected chi connectivity index (χ3v) is 3.63. The van der Waals surface area contributed by atoms with Crippen LogP contribution in [0.5, 0.6) is 0 Å². The first-order valence-electron chi connectivity index (χ1n) is 6.51. The second-order valence-electron chi connectivity index (χ2n) is 5.35. The van der Waals surface area contributed by atoms with Crippen LogP contribution in [-0.2, 0) is 4.79 Å². The predicted molar refractivity (Wildman–Crippen MR) is 77.3 cm³/mol. The van der Waals surface area contributed by atoms with Gasteiger partial charge in [-0.1, -0.05) is 0 Å². The van der Waals surface area contributed by atoms with E-state index in [4.69, 9.17) is 0 Å². The summed E-state index contributed by atoms with van der Waals surface area (Å²) in [5.74, 6) is 0.330. The zero-order valence-electron chi connectivity index (χ0n) is 12.5. The number of likely N-dealkylation sites (N-methyl/N-ethyl adjacent to an activating group) is 1. The first-order chi connectivity index (χ1) is 9.78. The van der Waals surface area contributed by atoms with E-state index in [1.54, 1.807) is 37.7 Å². The van der Waals surface area contributed by atoms with Gasteiger partial charge in [-0.2, -0.15) is 4.98 Å². The molecule has 1 aromatic heterocycles. The summed E-state index contributed by atoms with van der Waals surface area (Å²) in [7, 11) is 3.35. The molecule has 0 saturated carbocycles. The van der Waals surface area contributed by atoms with Gasteiger partial charge in [-0.15, -0.1) is 0 Å². The van der Waals surface area contributed by atoms with Crippen LogP contribution in [0.4, 0.5) is 17.5 Å². The molecule has 1 aromatic rings. The first kappa shape index (κ1) is 14.9. The van der Waals surface area contributed by atoms with E-state index in [0.29, 0.717) is 13.1 Å². The molecule has 114 valence electrons. The minimum Gasteiger partial charge on any atom is -0.357 e. The van der Waals surface area contributed by atoms with Crippen molar-refractivity contribution in [2.75, 3.05) is 37.4 Å². The molecule has 0 aromatic carbocycles. The molecule has 1 N–H and O–H groups in total. The van der Waals surface area contributed by atoms with Crippen LogP contribution in [-0.4, -0.2) is 58.4 Å². The number of nitro groups is 1. The Kier molecular flexibility index (Phi) is 3.67. The second kappa shape index (κ2) is 5.15. The normalized spacial score (nSPS) is 17.8. The lowest BCUT2D eigenvalue weighted by Gasteiger charge is -2.45. The molecule has 1 saturated heterocycles. The number of hydrogen-bond acceptors (Lipinski definition) is 7. The smallest absolute Gasteiger partial charge is 0.329 e. The lowest BCUT2D eigenvalue weighted by molar-refractivity contribution is -0.384. The van der Waals surface area contributed by atoms with Crippen LogP contribution in [0.25, 0.3) is 0 Å². The summed E-state index contributed by atoms with van der Waals surface area (Å²) in [5, 5.41) is 14.0. The van der Waals surface area contributed by atoms with E-state index < -0.39 is 10.5 Å². The van der Waals surface area contributed by atoms with Gasteiger partial charge in [-0.05, 0) is 13.8 Å². The molecule has 9 heteroatoms. The number of rotatable bonds is 3. The number of aromatic nitrogens is 2. The molecule has 0 aliphatic carbocycles. The Balaban J connectivity index is 2.54. The van der Waals surface area contributed by atoms with Gasteiger partial charge in [-0.25, -0.2) is 4.98 Å². The van der Waals surface area contributed by atoms with Crippen LogP contribution in [0, 0.1) is 10.1 Å². The number of amides is 1. The zero-order chi connectivity index (χ0) is 15.8. The lowest BCUT2D eigenvalue weighted by atomic mass is 9.97. The van der Waals surface area contributed by atoms with Gasteiger partial charge >= 0.3 is 5.69 Å². The number of hydrogen-bond donors (Lipinski definition) is 1. The Labute approximate surface area is 122 Å². The van der Waals surface area contributed by atoms with Gasteiger partial charge in [0.05, 0.1) is 4.92 Å². The highest BCUT2D eigenvalue weighted by molar-refractivity contribution is 5.90. The monoisotopic (exact) mass is 294 g/mol. The quantitative estimate of drug-likeness (QED) is 0.638. The molecule has 0 spiro atoms. The van der Waals surface area contributed by atoms with E-state index in [1.807, 2.05) is 0 Å². The second-order valence-corrected chi connectivity index (χ2v) is 5.35. The SMILES string of the molecule is CNc1ncc([N+](=O)[O-])c(N2CCN(C)C(=O)C2(C)C)n1. The molecule has 0 radical (unpaired) electrons. The highest BCUT2D eigenvalue weighted by Gasteiger charge is 2.43. The van der Waals surface area contributed by atoms with Gasteiger partial charge in [0.1, 0.15) is 11.7 Å². The van der Waals surface area contributed by atoms with Crippen LogP contribution < -0.4 is 10.2 Å². The number of carbonyl (C=O) groups is 1. The average molecular weight is 294 g/mol. The standard InChI is InChI=1S/C12H18N6O3/c1-12(2)10(19)16(4)5-6-17(12)9-8(18(20)21)7-14-11(13-3)15-9/h7H,5-6H2,1-4H3,(H,13,14,15). The largest absolute Gasteiger partial charge is 0.357 e. The topological polar surface area (TPSA) is 104 Å². The van der Waals surface area contributed by atoms with Crippen molar-refractivity contribution in [1.29, 1.82) is 0 Å². The van der Waals surface area contributed by atoms with Crippen LogP contribution in [0.1, 0.15) is 13.8 Å². The number of anilines is 2. The fraction of sp³-hybridized carbons (Fsp3) is 0.583. The summed E-state index contributed by atoms with van der Waals surface area (Å²) in [5.41, 5.74) is -1.11. The van der Waals surface area contributed by atoms with Crippen molar-refractivity contribution >= 4 is 23.4 Å². The molecular weight excluding hydrogens is 276 g/mol. The molecule has 1 aliphatic heterocycles. The minimum absolute atomic E-state index is 0.104. The summed E-state index contributed by atoms with van der Waals surface area (Å²) in [4.78, 5) is 34.3. The minimum atomic E-state index is -0.906. The van der Waals surface area contributed by atoms with Crippen molar-refractivity contribution in [3.05, 3.63) is 16.3 Å².